The Morgan fingerprint density at radius 1 is 1.19 bits per heavy atom. The number of carbonyl (C=O) groups excluding carboxylic acids is 1. The van der Waals surface area contributed by atoms with E-state index in [9.17, 15) is 4.79 Å². The number of aromatic nitrogens is 3. The Morgan fingerprint density at radius 2 is 1.95 bits per heavy atom. The summed E-state index contributed by atoms with van der Waals surface area (Å²) in [6.45, 7) is 2.12. The second-order valence-electron chi connectivity index (χ2n) is 4.13. The fourth-order valence-corrected chi connectivity index (χ4v) is 3.04. The summed E-state index contributed by atoms with van der Waals surface area (Å²) in [4.78, 5) is 15.9. The van der Waals surface area contributed by atoms with Crippen LogP contribution >= 0.6 is 22.9 Å². The van der Waals surface area contributed by atoms with Crippen LogP contribution in [-0.4, -0.2) is 27.1 Å². The first-order chi connectivity index (χ1) is 10.3. The van der Waals surface area contributed by atoms with E-state index < -0.39 is 0 Å². The number of esters is 1. The average molecular weight is 317 g/mol. The van der Waals surface area contributed by atoms with Crippen molar-refractivity contribution in [2.45, 2.75) is 6.92 Å². The van der Waals surface area contributed by atoms with Gasteiger partial charge in [-0.15, -0.1) is 16.4 Å². The zero-order valence-corrected chi connectivity index (χ0v) is 12.8. The van der Waals surface area contributed by atoms with Gasteiger partial charge in [-0.1, -0.05) is 28.8 Å². The lowest BCUT2D eigenvalue weighted by Gasteiger charge is -1.99. The van der Waals surface area contributed by atoms with E-state index in [0.717, 1.165) is 21.8 Å². The molecule has 0 spiro atoms. The van der Waals surface area contributed by atoms with Gasteiger partial charge in [0.1, 0.15) is 10.7 Å². The third kappa shape index (κ3) is 2.98. The third-order valence-corrected chi connectivity index (χ3v) is 4.17. The molecule has 0 radical (unpaired) electrons. The Morgan fingerprint density at radius 3 is 2.62 bits per heavy atom. The van der Waals surface area contributed by atoms with Gasteiger partial charge in [0.25, 0.3) is 0 Å². The van der Waals surface area contributed by atoms with Gasteiger partial charge in [-0.3, -0.25) is 0 Å². The number of nitrogens with zero attached hydrogens (tertiary/aromatic N) is 3. The SMILES string of the molecule is CCOC(=O)c1csc(-c2ccc(-c3csnn3)cc2)n1. The van der Waals surface area contributed by atoms with E-state index in [2.05, 4.69) is 14.6 Å². The Labute approximate surface area is 129 Å². The largest absolute Gasteiger partial charge is 0.461 e. The van der Waals surface area contributed by atoms with E-state index in [1.54, 1.807) is 12.3 Å². The van der Waals surface area contributed by atoms with Crippen LogP contribution in [0.4, 0.5) is 0 Å². The first kappa shape index (κ1) is 13.8. The van der Waals surface area contributed by atoms with Gasteiger partial charge in [0.15, 0.2) is 5.69 Å². The first-order valence-corrected chi connectivity index (χ1v) is 8.00. The first-order valence-electron chi connectivity index (χ1n) is 6.28. The van der Waals surface area contributed by atoms with Crippen LogP contribution in [0, 0.1) is 0 Å². The zero-order chi connectivity index (χ0) is 14.7. The van der Waals surface area contributed by atoms with E-state index in [1.165, 1.54) is 22.9 Å². The minimum atomic E-state index is -0.384. The van der Waals surface area contributed by atoms with Crippen molar-refractivity contribution in [3.05, 3.63) is 40.7 Å². The monoisotopic (exact) mass is 317 g/mol. The molecule has 0 fully saturated rings. The highest BCUT2D eigenvalue weighted by Gasteiger charge is 2.12. The molecule has 3 aromatic rings. The van der Waals surface area contributed by atoms with E-state index in [1.807, 2.05) is 29.6 Å². The minimum Gasteiger partial charge on any atom is -0.461 e. The van der Waals surface area contributed by atoms with E-state index in [-0.39, 0.29) is 5.97 Å². The molecule has 1 aromatic carbocycles. The summed E-state index contributed by atoms with van der Waals surface area (Å²) in [5.74, 6) is -0.384. The maximum Gasteiger partial charge on any atom is 0.357 e. The Balaban J connectivity index is 1.83. The predicted octanol–water partition coefficient (Wildman–Crippen LogP) is 3.51. The molecule has 0 amide bonds. The van der Waals surface area contributed by atoms with Crippen LogP contribution in [-0.2, 0) is 4.74 Å². The highest BCUT2D eigenvalue weighted by molar-refractivity contribution is 7.13. The molecule has 2 aromatic heterocycles. The maximum absolute atomic E-state index is 11.6. The van der Waals surface area contributed by atoms with E-state index in [4.69, 9.17) is 4.74 Å². The summed E-state index contributed by atoms with van der Waals surface area (Å²) in [5, 5.41) is 8.44. The quantitative estimate of drug-likeness (QED) is 0.689. The molecule has 0 aliphatic heterocycles. The number of rotatable bonds is 4. The summed E-state index contributed by atoms with van der Waals surface area (Å²) in [6, 6.07) is 7.86. The van der Waals surface area contributed by atoms with E-state index in [0.29, 0.717) is 12.3 Å². The summed E-state index contributed by atoms with van der Waals surface area (Å²) in [7, 11) is 0. The molecule has 0 unspecified atom stereocenters. The van der Waals surface area contributed by atoms with Gasteiger partial charge in [0.05, 0.1) is 6.61 Å². The van der Waals surface area contributed by atoms with Gasteiger partial charge in [0, 0.05) is 21.9 Å². The van der Waals surface area contributed by atoms with Gasteiger partial charge in [-0.25, -0.2) is 9.78 Å². The Hall–Kier alpha value is -2.12. The molecule has 5 nitrogen and oxygen atoms in total. The zero-order valence-electron chi connectivity index (χ0n) is 11.1. The lowest BCUT2D eigenvalue weighted by Crippen LogP contribution is -2.04. The Kier molecular flexibility index (Phi) is 4.03. The van der Waals surface area contributed by atoms with Crippen molar-refractivity contribution < 1.29 is 9.53 Å². The summed E-state index contributed by atoms with van der Waals surface area (Å²) >= 11 is 2.75. The van der Waals surface area contributed by atoms with Crippen molar-refractivity contribution in [1.82, 2.24) is 14.6 Å². The molecule has 7 heteroatoms. The van der Waals surface area contributed by atoms with Crippen LogP contribution < -0.4 is 0 Å². The molecule has 0 aliphatic rings. The number of carbonyl (C=O) groups is 1. The van der Waals surface area contributed by atoms with Crippen molar-refractivity contribution >= 4 is 28.8 Å². The number of hydrogen-bond acceptors (Lipinski definition) is 7. The fourth-order valence-electron chi connectivity index (χ4n) is 1.78. The van der Waals surface area contributed by atoms with Gasteiger partial charge in [-0.2, -0.15) is 0 Å². The predicted molar refractivity (Wildman–Crippen MR) is 82.4 cm³/mol. The molecule has 21 heavy (non-hydrogen) atoms. The average Bonchev–Trinajstić information content (AvgIpc) is 3.19. The smallest absolute Gasteiger partial charge is 0.357 e. The van der Waals surface area contributed by atoms with Crippen LogP contribution in [0.2, 0.25) is 0 Å². The topological polar surface area (TPSA) is 65.0 Å². The van der Waals surface area contributed by atoms with Gasteiger partial charge in [-0.05, 0) is 18.5 Å². The standard InChI is InChI=1S/C14H11N3O2S2/c1-2-19-14(18)12-7-20-13(15-12)10-5-3-9(4-6-10)11-8-21-17-16-11/h3-8H,2H2,1H3. The lowest BCUT2D eigenvalue weighted by molar-refractivity contribution is 0.0520. The molecule has 3 rings (SSSR count). The molecule has 0 N–H and O–H groups in total. The molecule has 0 aliphatic carbocycles. The van der Waals surface area contributed by atoms with Crippen LogP contribution in [0.15, 0.2) is 35.0 Å². The third-order valence-electron chi connectivity index (χ3n) is 2.78. The van der Waals surface area contributed by atoms with Crippen molar-refractivity contribution in [2.24, 2.45) is 0 Å². The summed E-state index contributed by atoms with van der Waals surface area (Å²) in [5.41, 5.74) is 3.18. The van der Waals surface area contributed by atoms with E-state index >= 15 is 0 Å². The van der Waals surface area contributed by atoms with Crippen LogP contribution in [0.3, 0.4) is 0 Å². The molecular formula is C14H11N3O2S2. The fraction of sp³-hybridized carbons (Fsp3) is 0.143. The molecule has 0 saturated carbocycles. The number of thiazole rings is 1. The molecule has 0 atom stereocenters. The lowest BCUT2D eigenvalue weighted by atomic mass is 10.1. The van der Waals surface area contributed by atoms with Crippen LogP contribution in [0.25, 0.3) is 21.8 Å². The van der Waals surface area contributed by atoms with Crippen LogP contribution in [0.5, 0.6) is 0 Å². The molecule has 106 valence electrons. The van der Waals surface area contributed by atoms with Gasteiger partial charge in [0.2, 0.25) is 0 Å². The maximum atomic E-state index is 11.6. The number of benzene rings is 1. The molecule has 0 saturated heterocycles. The number of hydrogen-bond donors (Lipinski definition) is 0. The van der Waals surface area contributed by atoms with Crippen LogP contribution in [0.1, 0.15) is 17.4 Å². The molecular weight excluding hydrogens is 306 g/mol. The Bertz CT molecular complexity index is 736. The highest BCUT2D eigenvalue weighted by Crippen LogP contribution is 2.26. The van der Waals surface area contributed by atoms with Gasteiger partial charge < -0.3 is 4.74 Å². The molecule has 0 bridgehead atoms. The van der Waals surface area contributed by atoms with Crippen molar-refractivity contribution in [1.29, 1.82) is 0 Å². The van der Waals surface area contributed by atoms with Gasteiger partial charge >= 0.3 is 5.97 Å². The highest BCUT2D eigenvalue weighted by atomic mass is 32.1. The van der Waals surface area contributed by atoms with Crippen molar-refractivity contribution in [2.75, 3.05) is 6.61 Å². The molecule has 2 heterocycles. The van der Waals surface area contributed by atoms with Crippen molar-refractivity contribution in [3.8, 4) is 21.8 Å². The summed E-state index contributed by atoms with van der Waals surface area (Å²) in [6.07, 6.45) is 0. The summed E-state index contributed by atoms with van der Waals surface area (Å²) < 4.78 is 8.79. The normalized spacial score (nSPS) is 10.5. The van der Waals surface area contributed by atoms with Crippen molar-refractivity contribution in [3.63, 3.8) is 0 Å². The number of ether oxygens (including phenoxy) is 1. The minimum absolute atomic E-state index is 0.349. The second-order valence-corrected chi connectivity index (χ2v) is 5.59. The second kappa shape index (κ2) is 6.11.